The van der Waals surface area contributed by atoms with Crippen molar-refractivity contribution in [2.45, 2.75) is 0 Å². The number of rotatable bonds is 6. The molecule has 0 aliphatic carbocycles. The second-order valence-corrected chi connectivity index (χ2v) is 4.82. The summed E-state index contributed by atoms with van der Waals surface area (Å²) < 4.78 is 12.1. The lowest BCUT2D eigenvalue weighted by atomic mass is 10.3. The fourth-order valence-corrected chi connectivity index (χ4v) is 2.18. The molecule has 0 saturated heterocycles. The molecule has 24 heavy (non-hydrogen) atoms. The van der Waals surface area contributed by atoms with E-state index in [-0.39, 0.29) is 0 Å². The number of hydrogen-bond acceptors (Lipinski definition) is 6. The first-order valence-electron chi connectivity index (χ1n) is 7.30. The van der Waals surface area contributed by atoms with Crippen molar-refractivity contribution in [2.75, 3.05) is 19.5 Å². The van der Waals surface area contributed by atoms with E-state index in [1.165, 1.54) is 0 Å². The summed E-state index contributed by atoms with van der Waals surface area (Å²) >= 11 is 0. The summed E-state index contributed by atoms with van der Waals surface area (Å²) in [6.07, 6.45) is 3.56. The Bertz CT molecular complexity index is 827. The Hall–Kier alpha value is -3.35. The highest BCUT2D eigenvalue weighted by molar-refractivity contribution is 5.60. The average Bonchev–Trinajstić information content (AvgIpc) is 3.10. The minimum atomic E-state index is 0.600. The van der Waals surface area contributed by atoms with Gasteiger partial charge >= 0.3 is 0 Å². The molecule has 2 aromatic carbocycles. The number of methoxy groups -OCH3 is 2. The van der Waals surface area contributed by atoms with Crippen LogP contribution in [0.1, 0.15) is 5.82 Å². The van der Waals surface area contributed by atoms with Crippen molar-refractivity contribution >= 4 is 11.8 Å². The number of nitrogens with one attached hydrogen (secondary N) is 1. The molecule has 1 heterocycles. The van der Waals surface area contributed by atoms with Gasteiger partial charge in [-0.15, -0.1) is 5.10 Å². The Kier molecular flexibility index (Phi) is 4.71. The van der Waals surface area contributed by atoms with Gasteiger partial charge in [0, 0.05) is 12.3 Å². The summed E-state index contributed by atoms with van der Waals surface area (Å²) in [6, 6.07) is 15.2. The Morgan fingerprint density at radius 1 is 1.00 bits per heavy atom. The third-order valence-corrected chi connectivity index (χ3v) is 3.39. The van der Waals surface area contributed by atoms with Crippen LogP contribution in [0.4, 0.5) is 5.69 Å². The van der Waals surface area contributed by atoms with E-state index in [1.807, 2.05) is 48.5 Å². The number of tetrazole rings is 1. The summed E-state index contributed by atoms with van der Waals surface area (Å²) in [6.45, 7) is 0. The van der Waals surface area contributed by atoms with Crippen LogP contribution >= 0.6 is 0 Å². The van der Waals surface area contributed by atoms with Crippen LogP contribution in [0.15, 0.2) is 54.7 Å². The molecule has 0 unspecified atom stereocenters. The van der Waals surface area contributed by atoms with Crippen molar-refractivity contribution in [1.29, 1.82) is 0 Å². The van der Waals surface area contributed by atoms with Gasteiger partial charge in [-0.25, -0.2) is 0 Å². The second kappa shape index (κ2) is 7.28. The third-order valence-electron chi connectivity index (χ3n) is 3.39. The molecule has 1 N–H and O–H groups in total. The molecule has 0 fully saturated rings. The molecule has 0 spiro atoms. The first-order chi connectivity index (χ1) is 11.8. The van der Waals surface area contributed by atoms with Crippen LogP contribution in [0, 0.1) is 0 Å². The lowest BCUT2D eigenvalue weighted by Gasteiger charge is -2.07. The van der Waals surface area contributed by atoms with Crippen LogP contribution in [0.5, 0.6) is 11.5 Å². The predicted molar refractivity (Wildman–Crippen MR) is 91.4 cm³/mol. The monoisotopic (exact) mass is 323 g/mol. The van der Waals surface area contributed by atoms with E-state index in [1.54, 1.807) is 31.2 Å². The fourth-order valence-electron chi connectivity index (χ4n) is 2.18. The summed E-state index contributed by atoms with van der Waals surface area (Å²) in [4.78, 5) is 0. The quantitative estimate of drug-likeness (QED) is 0.752. The summed E-state index contributed by atoms with van der Waals surface area (Å²) in [5, 5.41) is 14.9. The maximum Gasteiger partial charge on any atom is 0.181 e. The van der Waals surface area contributed by atoms with Gasteiger partial charge in [0.15, 0.2) is 5.82 Å². The van der Waals surface area contributed by atoms with E-state index >= 15 is 0 Å². The molecule has 0 aliphatic rings. The van der Waals surface area contributed by atoms with Gasteiger partial charge in [-0.3, -0.25) is 0 Å². The van der Waals surface area contributed by atoms with Crippen molar-refractivity contribution in [3.8, 4) is 17.2 Å². The molecule has 7 nitrogen and oxygen atoms in total. The predicted octanol–water partition coefficient (Wildman–Crippen LogP) is 2.76. The van der Waals surface area contributed by atoms with Gasteiger partial charge in [0.05, 0.1) is 25.6 Å². The van der Waals surface area contributed by atoms with Gasteiger partial charge in [0.2, 0.25) is 0 Å². The van der Waals surface area contributed by atoms with Gasteiger partial charge in [-0.1, -0.05) is 12.1 Å². The molecule has 0 radical (unpaired) electrons. The smallest absolute Gasteiger partial charge is 0.181 e. The Morgan fingerprint density at radius 2 is 1.79 bits per heavy atom. The van der Waals surface area contributed by atoms with E-state index in [0.29, 0.717) is 5.82 Å². The zero-order valence-corrected chi connectivity index (χ0v) is 13.4. The summed E-state index contributed by atoms with van der Waals surface area (Å²) in [7, 11) is 3.26. The molecule has 122 valence electrons. The van der Waals surface area contributed by atoms with Gasteiger partial charge < -0.3 is 14.8 Å². The number of anilines is 1. The van der Waals surface area contributed by atoms with Gasteiger partial charge in [-0.05, 0) is 46.8 Å². The third kappa shape index (κ3) is 3.35. The largest absolute Gasteiger partial charge is 0.497 e. The van der Waals surface area contributed by atoms with Gasteiger partial charge in [-0.2, -0.15) is 4.68 Å². The van der Waals surface area contributed by atoms with Crippen LogP contribution in [-0.2, 0) is 0 Å². The van der Waals surface area contributed by atoms with Crippen molar-refractivity contribution < 1.29 is 9.47 Å². The van der Waals surface area contributed by atoms with E-state index in [2.05, 4.69) is 20.8 Å². The zero-order chi connectivity index (χ0) is 16.8. The highest BCUT2D eigenvalue weighted by Gasteiger charge is 2.05. The molecule has 7 heteroatoms. The molecule has 0 atom stereocenters. The topological polar surface area (TPSA) is 74.1 Å². The minimum absolute atomic E-state index is 0.600. The van der Waals surface area contributed by atoms with Crippen LogP contribution in [0.2, 0.25) is 0 Å². The van der Waals surface area contributed by atoms with Gasteiger partial charge in [0.1, 0.15) is 11.5 Å². The Morgan fingerprint density at radius 3 is 2.54 bits per heavy atom. The van der Waals surface area contributed by atoms with Crippen molar-refractivity contribution in [3.63, 3.8) is 0 Å². The Balaban J connectivity index is 1.77. The molecular formula is C17H17N5O2. The van der Waals surface area contributed by atoms with Gasteiger partial charge in [0.25, 0.3) is 0 Å². The standard InChI is InChI=1S/C17H17N5O2/c1-23-14-9-7-13(8-10-14)22-17(19-20-21-22)11-12-18-15-5-3-4-6-16(15)24-2/h3-12,18H,1-2H3. The van der Waals surface area contributed by atoms with Crippen LogP contribution in [-0.4, -0.2) is 34.4 Å². The second-order valence-electron chi connectivity index (χ2n) is 4.82. The normalized spacial score (nSPS) is 10.8. The Labute approximate surface area is 139 Å². The van der Waals surface area contributed by atoms with E-state index < -0.39 is 0 Å². The van der Waals surface area contributed by atoms with Crippen LogP contribution in [0.25, 0.3) is 11.8 Å². The van der Waals surface area contributed by atoms with E-state index in [0.717, 1.165) is 22.9 Å². The molecule has 1 aromatic heterocycles. The highest BCUT2D eigenvalue weighted by atomic mass is 16.5. The number of benzene rings is 2. The SMILES string of the molecule is COc1ccc(-n2nnnc2C=CNc2ccccc2OC)cc1. The number of nitrogens with zero attached hydrogens (tertiary/aromatic N) is 4. The molecular weight excluding hydrogens is 306 g/mol. The molecule has 0 amide bonds. The number of aromatic nitrogens is 4. The molecule has 0 saturated carbocycles. The molecule has 0 bridgehead atoms. The maximum absolute atomic E-state index is 5.29. The van der Waals surface area contributed by atoms with Crippen LogP contribution < -0.4 is 14.8 Å². The molecule has 0 aliphatic heterocycles. The number of hydrogen-bond donors (Lipinski definition) is 1. The van der Waals surface area contributed by atoms with E-state index in [4.69, 9.17) is 9.47 Å². The van der Waals surface area contributed by atoms with Crippen molar-refractivity contribution in [2.24, 2.45) is 0 Å². The number of para-hydroxylation sites is 2. The number of ether oxygens (including phenoxy) is 2. The fraction of sp³-hybridized carbons (Fsp3) is 0.118. The first-order valence-corrected chi connectivity index (χ1v) is 7.30. The van der Waals surface area contributed by atoms with Crippen molar-refractivity contribution in [3.05, 3.63) is 60.6 Å². The first kappa shape index (κ1) is 15.5. The van der Waals surface area contributed by atoms with Crippen LogP contribution in [0.3, 0.4) is 0 Å². The highest BCUT2D eigenvalue weighted by Crippen LogP contribution is 2.23. The lowest BCUT2D eigenvalue weighted by molar-refractivity contribution is 0.414. The zero-order valence-electron chi connectivity index (χ0n) is 13.4. The average molecular weight is 323 g/mol. The lowest BCUT2D eigenvalue weighted by Crippen LogP contribution is -2.00. The summed E-state index contributed by atoms with van der Waals surface area (Å²) in [5.41, 5.74) is 1.71. The molecule has 3 rings (SSSR count). The van der Waals surface area contributed by atoms with Crippen molar-refractivity contribution in [1.82, 2.24) is 20.2 Å². The molecule has 3 aromatic rings. The minimum Gasteiger partial charge on any atom is -0.497 e. The summed E-state index contributed by atoms with van der Waals surface area (Å²) in [5.74, 6) is 2.14. The maximum atomic E-state index is 5.29. The van der Waals surface area contributed by atoms with E-state index in [9.17, 15) is 0 Å².